The zero-order valence-electron chi connectivity index (χ0n) is 15.6. The second-order valence-corrected chi connectivity index (χ2v) is 7.66. The van der Waals surface area contributed by atoms with Gasteiger partial charge in [0, 0.05) is 24.1 Å². The first-order valence-corrected chi connectivity index (χ1v) is 9.83. The van der Waals surface area contributed by atoms with Gasteiger partial charge in [0.15, 0.2) is 0 Å². The van der Waals surface area contributed by atoms with Crippen molar-refractivity contribution >= 4 is 23.6 Å². The van der Waals surface area contributed by atoms with E-state index in [9.17, 15) is 9.59 Å². The molecule has 28 heavy (non-hydrogen) atoms. The molecule has 3 aromatic rings. The Kier molecular flexibility index (Phi) is 6.50. The summed E-state index contributed by atoms with van der Waals surface area (Å²) in [7, 11) is 1.78. The molecule has 0 aliphatic heterocycles. The fraction of sp³-hybridized carbons (Fsp3) is 0.130. The fourth-order valence-electron chi connectivity index (χ4n) is 2.90. The van der Waals surface area contributed by atoms with Crippen LogP contribution in [0.25, 0.3) is 0 Å². The number of rotatable bonds is 7. The molecule has 0 saturated carbocycles. The molecule has 0 spiro atoms. The highest BCUT2D eigenvalue weighted by Crippen LogP contribution is 2.36. The summed E-state index contributed by atoms with van der Waals surface area (Å²) in [6.45, 7) is 0.401. The lowest BCUT2D eigenvalue weighted by atomic mass is 10.1. The second-order valence-electron chi connectivity index (χ2n) is 6.48. The third kappa shape index (κ3) is 5.02. The highest BCUT2D eigenvalue weighted by Gasteiger charge is 2.25. The lowest BCUT2D eigenvalue weighted by Crippen LogP contribution is -2.30. The molecule has 142 valence electrons. The third-order valence-electron chi connectivity index (χ3n) is 4.33. The summed E-state index contributed by atoms with van der Waals surface area (Å²) in [5.41, 5.74) is 7.62. The molecule has 4 nitrogen and oxygen atoms in total. The summed E-state index contributed by atoms with van der Waals surface area (Å²) >= 11 is 1.53. The first-order valence-electron chi connectivity index (χ1n) is 8.95. The molecule has 0 fully saturated rings. The first kappa shape index (κ1) is 19.7. The van der Waals surface area contributed by atoms with Crippen LogP contribution >= 0.6 is 11.8 Å². The van der Waals surface area contributed by atoms with E-state index in [0.29, 0.717) is 12.1 Å². The predicted molar refractivity (Wildman–Crippen MR) is 113 cm³/mol. The average molecular weight is 391 g/mol. The van der Waals surface area contributed by atoms with E-state index >= 15 is 0 Å². The van der Waals surface area contributed by atoms with E-state index in [2.05, 4.69) is 0 Å². The molecule has 0 heterocycles. The minimum atomic E-state index is -0.474. The molecule has 0 aliphatic carbocycles. The van der Waals surface area contributed by atoms with Crippen molar-refractivity contribution in [2.45, 2.75) is 16.7 Å². The monoisotopic (exact) mass is 390 g/mol. The number of benzene rings is 3. The van der Waals surface area contributed by atoms with Crippen LogP contribution in [-0.4, -0.2) is 23.8 Å². The van der Waals surface area contributed by atoms with E-state index in [0.717, 1.165) is 16.0 Å². The molecule has 0 bridgehead atoms. The molecule has 3 rings (SSSR count). The van der Waals surface area contributed by atoms with E-state index in [1.165, 1.54) is 11.8 Å². The van der Waals surface area contributed by atoms with Crippen LogP contribution in [0.15, 0.2) is 89.8 Å². The van der Waals surface area contributed by atoms with Crippen LogP contribution < -0.4 is 5.73 Å². The highest BCUT2D eigenvalue weighted by molar-refractivity contribution is 8.00. The van der Waals surface area contributed by atoms with Gasteiger partial charge in [0.05, 0.1) is 0 Å². The van der Waals surface area contributed by atoms with E-state index in [-0.39, 0.29) is 11.2 Å². The molecule has 1 unspecified atom stereocenters. The topological polar surface area (TPSA) is 63.4 Å². The quantitative estimate of drug-likeness (QED) is 0.613. The summed E-state index contributed by atoms with van der Waals surface area (Å²) in [5.74, 6) is -0.470. The summed E-state index contributed by atoms with van der Waals surface area (Å²) in [4.78, 5) is 27.4. The number of thioether (sulfide) groups is 1. The Morgan fingerprint density at radius 2 is 1.57 bits per heavy atom. The zero-order valence-corrected chi connectivity index (χ0v) is 16.4. The van der Waals surface area contributed by atoms with Crippen molar-refractivity contribution in [3.63, 3.8) is 0 Å². The van der Waals surface area contributed by atoms with E-state index in [1.54, 1.807) is 30.1 Å². The van der Waals surface area contributed by atoms with Gasteiger partial charge in [-0.2, -0.15) is 0 Å². The van der Waals surface area contributed by atoms with E-state index < -0.39 is 5.91 Å². The normalized spacial score (nSPS) is 11.6. The van der Waals surface area contributed by atoms with Crippen molar-refractivity contribution in [1.82, 2.24) is 4.90 Å². The van der Waals surface area contributed by atoms with Crippen molar-refractivity contribution in [1.29, 1.82) is 0 Å². The van der Waals surface area contributed by atoms with Crippen LogP contribution in [0.1, 0.15) is 26.7 Å². The minimum absolute atomic E-state index is 0.00420. The lowest BCUT2D eigenvalue weighted by molar-refractivity contribution is -0.129. The van der Waals surface area contributed by atoms with Crippen LogP contribution in [0.3, 0.4) is 0 Å². The Morgan fingerprint density at radius 3 is 2.21 bits per heavy atom. The fourth-order valence-corrected chi connectivity index (χ4v) is 4.06. The van der Waals surface area contributed by atoms with Crippen LogP contribution in [0, 0.1) is 0 Å². The number of hydrogen-bond acceptors (Lipinski definition) is 3. The number of nitrogens with zero attached hydrogens (tertiary/aromatic N) is 1. The molecule has 2 amide bonds. The van der Waals surface area contributed by atoms with Gasteiger partial charge in [0.25, 0.3) is 0 Å². The van der Waals surface area contributed by atoms with Crippen LogP contribution in [-0.2, 0) is 11.3 Å². The number of amides is 2. The number of carbonyl (C=O) groups is 2. The van der Waals surface area contributed by atoms with Crippen LogP contribution in [0.4, 0.5) is 0 Å². The number of likely N-dealkylation sites (N-methyl/N-ethyl adjacent to an activating group) is 1. The van der Waals surface area contributed by atoms with Gasteiger partial charge in [-0.15, -0.1) is 11.8 Å². The van der Waals surface area contributed by atoms with Gasteiger partial charge in [0.1, 0.15) is 5.25 Å². The standard InChI is InChI=1S/C23H22N2O2S/c1-25(16-17-9-8-12-19(15-17)22(24)26)23(27)21(18-10-4-2-5-11-18)28-20-13-6-3-7-14-20/h2-15,21H,16H2,1H3,(H2,24,26). The van der Waals surface area contributed by atoms with Crippen LogP contribution in [0.5, 0.6) is 0 Å². The largest absolute Gasteiger partial charge is 0.366 e. The number of carbonyl (C=O) groups excluding carboxylic acids is 2. The number of nitrogens with two attached hydrogens (primary N) is 1. The first-order chi connectivity index (χ1) is 13.5. The van der Waals surface area contributed by atoms with Crippen molar-refractivity contribution in [2.24, 2.45) is 5.73 Å². The number of hydrogen-bond donors (Lipinski definition) is 1. The molecular formula is C23H22N2O2S. The van der Waals surface area contributed by atoms with Crippen molar-refractivity contribution in [3.05, 3.63) is 102 Å². The van der Waals surface area contributed by atoms with Gasteiger partial charge in [0.2, 0.25) is 11.8 Å². The molecule has 0 aliphatic rings. The molecule has 0 radical (unpaired) electrons. The van der Waals surface area contributed by atoms with Gasteiger partial charge >= 0.3 is 0 Å². The Balaban J connectivity index is 1.82. The SMILES string of the molecule is CN(Cc1cccc(C(N)=O)c1)C(=O)C(Sc1ccccc1)c1ccccc1. The van der Waals surface area contributed by atoms with Crippen molar-refractivity contribution in [2.75, 3.05) is 7.05 Å². The van der Waals surface area contributed by atoms with E-state index in [1.807, 2.05) is 66.7 Å². The Bertz CT molecular complexity index is 945. The molecule has 0 aromatic heterocycles. The predicted octanol–water partition coefficient (Wildman–Crippen LogP) is 4.28. The molecule has 2 N–H and O–H groups in total. The highest BCUT2D eigenvalue weighted by atomic mass is 32.2. The van der Waals surface area contributed by atoms with E-state index in [4.69, 9.17) is 5.73 Å². The minimum Gasteiger partial charge on any atom is -0.366 e. The molecule has 0 saturated heterocycles. The Morgan fingerprint density at radius 1 is 0.929 bits per heavy atom. The molecule has 1 atom stereocenters. The van der Waals surface area contributed by atoms with Crippen molar-refractivity contribution in [3.8, 4) is 0 Å². The van der Waals surface area contributed by atoms with Gasteiger partial charge < -0.3 is 10.6 Å². The summed E-state index contributed by atoms with van der Waals surface area (Å²) in [5, 5.41) is -0.354. The Hall–Kier alpha value is -3.05. The lowest BCUT2D eigenvalue weighted by Gasteiger charge is -2.24. The summed E-state index contributed by atoms with van der Waals surface area (Å²) in [6, 6.07) is 26.7. The number of primary amides is 1. The van der Waals surface area contributed by atoms with Gasteiger partial charge in [-0.3, -0.25) is 9.59 Å². The van der Waals surface area contributed by atoms with Crippen LogP contribution in [0.2, 0.25) is 0 Å². The van der Waals surface area contributed by atoms with Gasteiger partial charge in [-0.1, -0.05) is 60.7 Å². The third-order valence-corrected chi connectivity index (χ3v) is 5.59. The van der Waals surface area contributed by atoms with Crippen molar-refractivity contribution < 1.29 is 9.59 Å². The molecule has 3 aromatic carbocycles. The summed E-state index contributed by atoms with van der Waals surface area (Å²) < 4.78 is 0. The summed E-state index contributed by atoms with van der Waals surface area (Å²) in [6.07, 6.45) is 0. The maximum atomic E-state index is 13.3. The smallest absolute Gasteiger partial charge is 0.248 e. The maximum Gasteiger partial charge on any atom is 0.248 e. The Labute approximate surface area is 169 Å². The molecule has 5 heteroatoms. The maximum absolute atomic E-state index is 13.3. The van der Waals surface area contributed by atoms with Gasteiger partial charge in [-0.25, -0.2) is 0 Å². The average Bonchev–Trinajstić information content (AvgIpc) is 2.73. The molecular weight excluding hydrogens is 368 g/mol. The zero-order chi connectivity index (χ0) is 19.9. The van der Waals surface area contributed by atoms with Gasteiger partial charge in [-0.05, 0) is 35.4 Å². The second kappa shape index (κ2) is 9.24.